The number of nitrogens with one attached hydrogen (secondary N) is 1. The first-order valence-corrected chi connectivity index (χ1v) is 8.44. The molecular weight excluding hydrogens is 288 g/mol. The Kier molecular flexibility index (Phi) is 5.23. The maximum Gasteiger partial charge on any atom is 0.301 e. The van der Waals surface area contributed by atoms with Gasteiger partial charge in [-0.05, 0) is 43.5 Å². The summed E-state index contributed by atoms with van der Waals surface area (Å²) in [4.78, 5) is 0. The quantitative estimate of drug-likeness (QED) is 0.828. The zero-order chi connectivity index (χ0) is 15.3. The second kappa shape index (κ2) is 6.94. The minimum absolute atomic E-state index is 0.0211. The Morgan fingerprint density at radius 1 is 1.29 bits per heavy atom. The smallest absolute Gasteiger partial charge is 0.301 e. The summed E-state index contributed by atoms with van der Waals surface area (Å²) in [5.74, 6) is 5.76. The molecule has 0 amide bonds. The number of benzene rings is 1. The summed E-state index contributed by atoms with van der Waals surface area (Å²) >= 11 is 0. The number of anilines is 1. The Balaban J connectivity index is 2.18. The normalized spacial score (nSPS) is 15.5. The van der Waals surface area contributed by atoms with Crippen molar-refractivity contribution in [2.75, 3.05) is 24.4 Å². The highest BCUT2D eigenvalue weighted by atomic mass is 32.2. The van der Waals surface area contributed by atoms with Gasteiger partial charge in [-0.1, -0.05) is 11.8 Å². The lowest BCUT2D eigenvalue weighted by Gasteiger charge is -2.17. The van der Waals surface area contributed by atoms with E-state index in [1.165, 1.54) is 4.31 Å². The van der Waals surface area contributed by atoms with Gasteiger partial charge in [0.05, 0.1) is 12.3 Å². The molecule has 2 N–H and O–H groups in total. The Labute approximate surface area is 126 Å². The van der Waals surface area contributed by atoms with Crippen LogP contribution in [0.15, 0.2) is 18.2 Å². The van der Waals surface area contributed by atoms with Crippen molar-refractivity contribution in [3.63, 3.8) is 0 Å². The molecule has 1 fully saturated rings. The average molecular weight is 308 g/mol. The molecule has 1 aromatic rings. The molecule has 1 aromatic carbocycles. The van der Waals surface area contributed by atoms with Crippen LogP contribution in [0.4, 0.5) is 5.69 Å². The monoisotopic (exact) mass is 308 g/mol. The van der Waals surface area contributed by atoms with Crippen molar-refractivity contribution in [2.24, 2.45) is 0 Å². The lowest BCUT2D eigenvalue weighted by Crippen LogP contribution is -2.33. The number of aliphatic hydroxyl groups excluding tert-OH is 1. The lowest BCUT2D eigenvalue weighted by atomic mass is 10.1. The van der Waals surface area contributed by atoms with E-state index in [0.29, 0.717) is 25.2 Å². The van der Waals surface area contributed by atoms with Gasteiger partial charge in [-0.3, -0.25) is 4.72 Å². The molecule has 0 aliphatic carbocycles. The van der Waals surface area contributed by atoms with Crippen molar-refractivity contribution < 1.29 is 13.5 Å². The second-order valence-electron chi connectivity index (χ2n) is 5.08. The van der Waals surface area contributed by atoms with Gasteiger partial charge in [0.25, 0.3) is 0 Å². The van der Waals surface area contributed by atoms with Gasteiger partial charge in [0, 0.05) is 25.1 Å². The number of aliphatic hydroxyl groups is 1. The largest absolute Gasteiger partial charge is 0.395 e. The number of rotatable bonds is 4. The molecule has 6 heteroatoms. The van der Waals surface area contributed by atoms with E-state index in [9.17, 15) is 8.42 Å². The maximum absolute atomic E-state index is 12.2. The van der Waals surface area contributed by atoms with Crippen molar-refractivity contribution >= 4 is 15.9 Å². The summed E-state index contributed by atoms with van der Waals surface area (Å²) in [6.45, 7) is 3.06. The summed E-state index contributed by atoms with van der Waals surface area (Å²) in [7, 11) is -3.48. The molecule has 1 heterocycles. The van der Waals surface area contributed by atoms with Crippen LogP contribution in [0.2, 0.25) is 0 Å². The molecule has 0 saturated carbocycles. The highest BCUT2D eigenvalue weighted by Gasteiger charge is 2.25. The van der Waals surface area contributed by atoms with Crippen molar-refractivity contribution in [3.8, 4) is 11.8 Å². The van der Waals surface area contributed by atoms with Gasteiger partial charge >= 0.3 is 10.2 Å². The Morgan fingerprint density at radius 3 is 2.67 bits per heavy atom. The van der Waals surface area contributed by atoms with E-state index >= 15 is 0 Å². The third kappa shape index (κ3) is 4.46. The van der Waals surface area contributed by atoms with Crippen LogP contribution in [0.25, 0.3) is 0 Å². The van der Waals surface area contributed by atoms with E-state index in [4.69, 9.17) is 5.11 Å². The predicted octanol–water partition coefficient (Wildman–Crippen LogP) is 1.48. The van der Waals surface area contributed by atoms with Crippen LogP contribution in [-0.2, 0) is 10.2 Å². The first-order valence-electron chi connectivity index (χ1n) is 7.00. The zero-order valence-corrected chi connectivity index (χ0v) is 12.9. The molecule has 21 heavy (non-hydrogen) atoms. The van der Waals surface area contributed by atoms with E-state index < -0.39 is 10.2 Å². The molecule has 0 spiro atoms. The van der Waals surface area contributed by atoms with Gasteiger partial charge in [-0.15, -0.1) is 0 Å². The molecule has 5 nitrogen and oxygen atoms in total. The first kappa shape index (κ1) is 15.8. The molecule has 2 rings (SSSR count). The SMILES string of the molecule is Cc1cc(C#CCCO)cc(NS(=O)(=O)N2CCCC2)c1. The van der Waals surface area contributed by atoms with Crippen LogP contribution < -0.4 is 4.72 Å². The van der Waals surface area contributed by atoms with Crippen molar-refractivity contribution in [2.45, 2.75) is 26.2 Å². The molecule has 0 atom stereocenters. The Bertz CT molecular complexity index is 653. The van der Waals surface area contributed by atoms with Gasteiger partial charge in [0.1, 0.15) is 0 Å². The van der Waals surface area contributed by atoms with Gasteiger partial charge in [-0.2, -0.15) is 12.7 Å². The summed E-state index contributed by atoms with van der Waals surface area (Å²) in [6, 6.07) is 5.38. The topological polar surface area (TPSA) is 69.6 Å². The van der Waals surface area contributed by atoms with E-state index in [1.54, 1.807) is 12.1 Å². The van der Waals surface area contributed by atoms with Crippen LogP contribution in [0, 0.1) is 18.8 Å². The fourth-order valence-corrected chi connectivity index (χ4v) is 3.56. The molecular formula is C15H20N2O3S. The standard InChI is InChI=1S/C15H20N2O3S/c1-13-10-14(6-2-5-9-18)12-15(11-13)16-21(19,20)17-7-3-4-8-17/h10-12,16,18H,3-5,7-9H2,1H3. The van der Waals surface area contributed by atoms with Gasteiger partial charge in [0.2, 0.25) is 0 Å². The van der Waals surface area contributed by atoms with Crippen molar-refractivity contribution in [1.82, 2.24) is 4.31 Å². The molecule has 0 aromatic heterocycles. The van der Waals surface area contributed by atoms with E-state index in [2.05, 4.69) is 16.6 Å². The van der Waals surface area contributed by atoms with Gasteiger partial charge in [-0.25, -0.2) is 0 Å². The van der Waals surface area contributed by atoms with Gasteiger partial charge < -0.3 is 5.11 Å². The number of hydrogen-bond acceptors (Lipinski definition) is 3. The summed E-state index contributed by atoms with van der Waals surface area (Å²) in [5, 5.41) is 8.73. The van der Waals surface area contributed by atoms with Crippen molar-refractivity contribution in [1.29, 1.82) is 0 Å². The molecule has 0 unspecified atom stereocenters. The summed E-state index contributed by atoms with van der Waals surface area (Å²) in [6.07, 6.45) is 2.22. The van der Waals surface area contributed by atoms with Crippen LogP contribution in [0.3, 0.4) is 0 Å². The highest BCUT2D eigenvalue weighted by Crippen LogP contribution is 2.19. The highest BCUT2D eigenvalue weighted by molar-refractivity contribution is 7.90. The summed E-state index contributed by atoms with van der Waals surface area (Å²) in [5.41, 5.74) is 2.20. The molecule has 1 aliphatic heterocycles. The number of nitrogens with zero attached hydrogens (tertiary/aromatic N) is 1. The Hall–Kier alpha value is -1.55. The second-order valence-corrected chi connectivity index (χ2v) is 6.75. The maximum atomic E-state index is 12.2. The van der Waals surface area contributed by atoms with Crippen LogP contribution in [-0.4, -0.2) is 37.5 Å². The molecule has 114 valence electrons. The fourth-order valence-electron chi connectivity index (χ4n) is 2.28. The van der Waals surface area contributed by atoms with Crippen molar-refractivity contribution in [3.05, 3.63) is 29.3 Å². The minimum Gasteiger partial charge on any atom is -0.395 e. The molecule has 0 radical (unpaired) electrons. The fraction of sp³-hybridized carbons (Fsp3) is 0.467. The predicted molar refractivity (Wildman–Crippen MR) is 83.1 cm³/mol. The zero-order valence-electron chi connectivity index (χ0n) is 12.1. The molecule has 1 aliphatic rings. The Morgan fingerprint density at radius 2 is 2.00 bits per heavy atom. The number of hydrogen-bond donors (Lipinski definition) is 2. The van der Waals surface area contributed by atoms with Crippen LogP contribution >= 0.6 is 0 Å². The van der Waals surface area contributed by atoms with Gasteiger partial charge in [0.15, 0.2) is 0 Å². The molecule has 0 bridgehead atoms. The third-order valence-electron chi connectivity index (χ3n) is 3.20. The van der Waals surface area contributed by atoms with E-state index in [-0.39, 0.29) is 6.61 Å². The lowest BCUT2D eigenvalue weighted by molar-refractivity contribution is 0.305. The average Bonchev–Trinajstić information content (AvgIpc) is 2.92. The van der Waals surface area contributed by atoms with E-state index in [0.717, 1.165) is 24.0 Å². The van der Waals surface area contributed by atoms with Crippen LogP contribution in [0.5, 0.6) is 0 Å². The van der Waals surface area contributed by atoms with E-state index in [1.807, 2.05) is 13.0 Å². The third-order valence-corrected chi connectivity index (χ3v) is 4.74. The first-order chi connectivity index (χ1) is 10.0. The minimum atomic E-state index is -3.48. The molecule has 1 saturated heterocycles. The number of aryl methyl sites for hydroxylation is 1. The summed E-state index contributed by atoms with van der Waals surface area (Å²) < 4.78 is 28.5. The van der Waals surface area contributed by atoms with Crippen LogP contribution in [0.1, 0.15) is 30.4 Å².